The van der Waals surface area contributed by atoms with Gasteiger partial charge in [-0.15, -0.1) is 24.0 Å². The maximum absolute atomic E-state index is 5.96. The van der Waals surface area contributed by atoms with Crippen molar-refractivity contribution in [3.63, 3.8) is 0 Å². The van der Waals surface area contributed by atoms with Gasteiger partial charge < -0.3 is 25.4 Å². The Hall–Kier alpha value is -1.22. The molecule has 1 heterocycles. The van der Waals surface area contributed by atoms with Crippen molar-refractivity contribution in [1.82, 2.24) is 4.90 Å². The lowest BCUT2D eigenvalue weighted by Gasteiger charge is -2.18. The first-order chi connectivity index (χ1) is 11.2. The summed E-state index contributed by atoms with van der Waals surface area (Å²) in [5.41, 5.74) is 6.79. The quantitative estimate of drug-likeness (QED) is 0.398. The minimum absolute atomic E-state index is 0. The molecule has 0 radical (unpaired) electrons. The van der Waals surface area contributed by atoms with Gasteiger partial charge in [-0.3, -0.25) is 4.99 Å². The highest BCUT2D eigenvalue weighted by molar-refractivity contribution is 14.0. The molecule has 6 nitrogen and oxygen atoms in total. The summed E-state index contributed by atoms with van der Waals surface area (Å²) in [6, 6.07) is 5.57. The zero-order valence-corrected chi connectivity index (χ0v) is 16.9. The number of nitrogens with two attached hydrogens (primary N) is 1. The third-order valence-corrected chi connectivity index (χ3v) is 4.05. The van der Waals surface area contributed by atoms with E-state index in [1.54, 1.807) is 14.2 Å². The fourth-order valence-electron chi connectivity index (χ4n) is 2.77. The van der Waals surface area contributed by atoms with E-state index >= 15 is 0 Å². The molecule has 1 fully saturated rings. The molecule has 2 rings (SSSR count). The van der Waals surface area contributed by atoms with Crippen molar-refractivity contribution in [3.05, 3.63) is 18.2 Å². The molecule has 1 aliphatic heterocycles. The number of anilines is 1. The molecule has 0 aromatic heterocycles. The maximum atomic E-state index is 5.96. The molecular weight excluding hydrogens is 419 g/mol. The number of nitrogens with one attached hydrogen (secondary N) is 1. The van der Waals surface area contributed by atoms with E-state index in [2.05, 4.69) is 15.2 Å². The van der Waals surface area contributed by atoms with Crippen molar-refractivity contribution in [2.45, 2.75) is 25.7 Å². The predicted molar refractivity (Wildman–Crippen MR) is 110 cm³/mol. The number of rotatable bonds is 6. The van der Waals surface area contributed by atoms with Crippen LogP contribution in [0.2, 0.25) is 0 Å². The molecule has 0 atom stereocenters. The van der Waals surface area contributed by atoms with Gasteiger partial charge >= 0.3 is 0 Å². The molecule has 1 aromatic carbocycles. The van der Waals surface area contributed by atoms with Crippen LogP contribution in [0, 0.1) is 0 Å². The molecule has 0 amide bonds. The molecule has 24 heavy (non-hydrogen) atoms. The van der Waals surface area contributed by atoms with Crippen LogP contribution >= 0.6 is 24.0 Å². The minimum atomic E-state index is 0. The first-order valence-corrected chi connectivity index (χ1v) is 8.24. The molecule has 0 spiro atoms. The fourth-order valence-corrected chi connectivity index (χ4v) is 2.77. The van der Waals surface area contributed by atoms with Crippen LogP contribution in [0.15, 0.2) is 23.2 Å². The molecular formula is C17H29IN4O2. The van der Waals surface area contributed by atoms with E-state index in [9.17, 15) is 0 Å². The second-order valence-corrected chi connectivity index (χ2v) is 5.72. The average Bonchev–Trinajstić information content (AvgIpc) is 2.83. The van der Waals surface area contributed by atoms with Gasteiger partial charge in [0.2, 0.25) is 0 Å². The van der Waals surface area contributed by atoms with Gasteiger partial charge in [-0.05, 0) is 38.1 Å². The monoisotopic (exact) mass is 448 g/mol. The second-order valence-electron chi connectivity index (χ2n) is 5.72. The molecule has 0 bridgehead atoms. The standard InChI is InChI=1S/C17H28N4O2.HI/c1-22-15-8-7-14(13-16(15)23-2)20-17(18)19-9-12-21-10-5-3-4-6-11-21;/h7-8,13H,3-6,9-12H2,1-2H3,(H3,18,19,20);1H. The van der Waals surface area contributed by atoms with Crippen molar-refractivity contribution >= 4 is 35.6 Å². The number of hydrogen-bond donors (Lipinski definition) is 2. The number of halogens is 1. The third kappa shape index (κ3) is 6.72. The Morgan fingerprint density at radius 3 is 2.42 bits per heavy atom. The summed E-state index contributed by atoms with van der Waals surface area (Å²) < 4.78 is 10.5. The van der Waals surface area contributed by atoms with E-state index in [-0.39, 0.29) is 24.0 Å². The number of ether oxygens (including phenoxy) is 2. The molecule has 1 aliphatic rings. The molecule has 1 saturated heterocycles. The summed E-state index contributed by atoms with van der Waals surface area (Å²) in [6.45, 7) is 4.04. The molecule has 136 valence electrons. The Labute approximate surface area is 161 Å². The predicted octanol–water partition coefficient (Wildman–Crippen LogP) is 2.92. The SMILES string of the molecule is COc1ccc(NC(N)=NCCN2CCCCCC2)cc1OC.I. The van der Waals surface area contributed by atoms with E-state index in [4.69, 9.17) is 15.2 Å². The first kappa shape index (κ1) is 20.8. The Morgan fingerprint density at radius 2 is 1.79 bits per heavy atom. The summed E-state index contributed by atoms with van der Waals surface area (Å²) in [6.07, 6.45) is 5.29. The van der Waals surface area contributed by atoms with Gasteiger partial charge in [-0.1, -0.05) is 12.8 Å². The van der Waals surface area contributed by atoms with Crippen LogP contribution in [0.5, 0.6) is 11.5 Å². The van der Waals surface area contributed by atoms with Crippen LogP contribution in [0.1, 0.15) is 25.7 Å². The van der Waals surface area contributed by atoms with Gasteiger partial charge in [0.05, 0.1) is 20.8 Å². The molecule has 0 saturated carbocycles. The molecule has 3 N–H and O–H groups in total. The van der Waals surface area contributed by atoms with Crippen LogP contribution < -0.4 is 20.5 Å². The largest absolute Gasteiger partial charge is 0.493 e. The molecule has 0 unspecified atom stereocenters. The lowest BCUT2D eigenvalue weighted by molar-refractivity contribution is 0.293. The highest BCUT2D eigenvalue weighted by Crippen LogP contribution is 2.29. The second kappa shape index (κ2) is 11.4. The number of aliphatic imine (C=N–C) groups is 1. The van der Waals surface area contributed by atoms with Gasteiger partial charge in [0.1, 0.15) is 0 Å². The van der Waals surface area contributed by atoms with Crippen LogP contribution in [-0.4, -0.2) is 51.3 Å². The summed E-state index contributed by atoms with van der Waals surface area (Å²) in [4.78, 5) is 6.88. The summed E-state index contributed by atoms with van der Waals surface area (Å²) in [7, 11) is 3.23. The Kier molecular flexibility index (Phi) is 9.85. The average molecular weight is 448 g/mol. The Balaban J connectivity index is 0.00000288. The van der Waals surface area contributed by atoms with E-state index < -0.39 is 0 Å². The summed E-state index contributed by atoms with van der Waals surface area (Å²) in [5, 5.41) is 3.09. The maximum Gasteiger partial charge on any atom is 0.193 e. The molecule has 1 aromatic rings. The zero-order valence-electron chi connectivity index (χ0n) is 14.6. The summed E-state index contributed by atoms with van der Waals surface area (Å²) in [5.74, 6) is 1.77. The minimum Gasteiger partial charge on any atom is -0.493 e. The van der Waals surface area contributed by atoms with Gasteiger partial charge in [0, 0.05) is 18.3 Å². The zero-order chi connectivity index (χ0) is 16.5. The van der Waals surface area contributed by atoms with Crippen molar-refractivity contribution in [1.29, 1.82) is 0 Å². The number of benzene rings is 1. The highest BCUT2D eigenvalue weighted by Gasteiger charge is 2.08. The van der Waals surface area contributed by atoms with Crippen molar-refractivity contribution in [2.75, 3.05) is 45.7 Å². The normalized spacial score (nSPS) is 16.0. The first-order valence-electron chi connectivity index (χ1n) is 8.24. The van der Waals surface area contributed by atoms with Gasteiger partial charge in [0.25, 0.3) is 0 Å². The van der Waals surface area contributed by atoms with Gasteiger partial charge in [-0.2, -0.15) is 0 Å². The van der Waals surface area contributed by atoms with Crippen LogP contribution in [0.3, 0.4) is 0 Å². The number of methoxy groups -OCH3 is 2. The number of nitrogens with zero attached hydrogens (tertiary/aromatic N) is 2. The number of likely N-dealkylation sites (tertiary alicyclic amines) is 1. The topological polar surface area (TPSA) is 72.1 Å². The van der Waals surface area contributed by atoms with E-state index in [1.165, 1.54) is 38.8 Å². The Morgan fingerprint density at radius 1 is 1.12 bits per heavy atom. The van der Waals surface area contributed by atoms with Crippen molar-refractivity contribution < 1.29 is 9.47 Å². The lowest BCUT2D eigenvalue weighted by atomic mass is 10.2. The van der Waals surface area contributed by atoms with Gasteiger partial charge in [0.15, 0.2) is 17.5 Å². The Bertz CT molecular complexity index is 517. The smallest absolute Gasteiger partial charge is 0.193 e. The summed E-state index contributed by atoms with van der Waals surface area (Å²) >= 11 is 0. The molecule has 7 heteroatoms. The van der Waals surface area contributed by atoms with E-state index in [1.807, 2.05) is 18.2 Å². The fraction of sp³-hybridized carbons (Fsp3) is 0.588. The van der Waals surface area contributed by atoms with E-state index in [0.717, 1.165) is 12.2 Å². The van der Waals surface area contributed by atoms with Crippen molar-refractivity contribution in [3.8, 4) is 11.5 Å². The van der Waals surface area contributed by atoms with Crippen LogP contribution in [0.25, 0.3) is 0 Å². The highest BCUT2D eigenvalue weighted by atomic mass is 127. The molecule has 0 aliphatic carbocycles. The third-order valence-electron chi connectivity index (χ3n) is 4.05. The van der Waals surface area contributed by atoms with Crippen LogP contribution in [0.4, 0.5) is 5.69 Å². The van der Waals surface area contributed by atoms with Crippen LogP contribution in [-0.2, 0) is 0 Å². The lowest BCUT2D eigenvalue weighted by Crippen LogP contribution is -2.29. The van der Waals surface area contributed by atoms with Gasteiger partial charge in [-0.25, -0.2) is 0 Å². The van der Waals surface area contributed by atoms with Crippen molar-refractivity contribution in [2.24, 2.45) is 10.7 Å². The number of guanidine groups is 1. The number of hydrogen-bond acceptors (Lipinski definition) is 4. The van der Waals surface area contributed by atoms with E-state index in [0.29, 0.717) is 24.0 Å².